The Kier molecular flexibility index (Phi) is 3.68. The van der Waals surface area contributed by atoms with Crippen molar-refractivity contribution in [1.82, 2.24) is 4.90 Å². The van der Waals surface area contributed by atoms with Gasteiger partial charge in [0.1, 0.15) is 5.82 Å². The molecule has 0 spiro atoms. The van der Waals surface area contributed by atoms with E-state index in [-0.39, 0.29) is 10.5 Å². The molecule has 0 saturated carbocycles. The van der Waals surface area contributed by atoms with E-state index in [1.54, 1.807) is 0 Å². The first-order chi connectivity index (χ1) is 8.89. The lowest BCUT2D eigenvalue weighted by molar-refractivity contribution is 0.0766. The second-order valence-corrected chi connectivity index (χ2v) is 5.76. The van der Waals surface area contributed by atoms with Crippen LogP contribution in [0.5, 0.6) is 0 Å². The fourth-order valence-corrected chi connectivity index (χ4v) is 2.37. The fraction of sp³-hybridized carbons (Fsp3) is 0.250. The van der Waals surface area contributed by atoms with E-state index in [0.717, 1.165) is 24.6 Å². The Labute approximate surface area is 110 Å². The van der Waals surface area contributed by atoms with Gasteiger partial charge in [-0.15, -0.1) is 0 Å². The summed E-state index contributed by atoms with van der Waals surface area (Å²) < 4.78 is 35.9. The molecule has 1 aliphatic rings. The van der Waals surface area contributed by atoms with Gasteiger partial charge in [-0.3, -0.25) is 4.79 Å². The van der Waals surface area contributed by atoms with Gasteiger partial charge in [0.05, 0.1) is 10.5 Å². The number of sulfonamides is 1. The molecule has 1 heterocycles. The largest absolute Gasteiger partial charge is 0.335 e. The van der Waals surface area contributed by atoms with Crippen molar-refractivity contribution in [2.75, 3.05) is 13.1 Å². The Hall–Kier alpha value is -1.73. The van der Waals surface area contributed by atoms with Crippen LogP contribution in [-0.2, 0) is 10.0 Å². The molecule has 7 heteroatoms. The third-order valence-corrected chi connectivity index (χ3v) is 3.76. The number of primary sulfonamides is 1. The van der Waals surface area contributed by atoms with Crippen molar-refractivity contribution < 1.29 is 17.6 Å². The fourth-order valence-electron chi connectivity index (χ4n) is 1.84. The van der Waals surface area contributed by atoms with E-state index in [1.807, 2.05) is 12.2 Å². The maximum atomic E-state index is 13.8. The summed E-state index contributed by atoms with van der Waals surface area (Å²) in [4.78, 5) is 13.2. The van der Waals surface area contributed by atoms with E-state index in [1.165, 1.54) is 4.90 Å². The Balaban J connectivity index is 2.31. The molecule has 102 valence electrons. The predicted molar refractivity (Wildman–Crippen MR) is 67.4 cm³/mol. The number of hydrogen-bond donors (Lipinski definition) is 1. The molecule has 1 aromatic rings. The summed E-state index contributed by atoms with van der Waals surface area (Å²) >= 11 is 0. The van der Waals surface area contributed by atoms with Gasteiger partial charge in [-0.1, -0.05) is 12.2 Å². The summed E-state index contributed by atoms with van der Waals surface area (Å²) in [5.41, 5.74) is -0.150. The quantitative estimate of drug-likeness (QED) is 0.818. The number of nitrogens with zero attached hydrogens (tertiary/aromatic N) is 1. The van der Waals surface area contributed by atoms with Gasteiger partial charge < -0.3 is 4.90 Å². The van der Waals surface area contributed by atoms with Crippen molar-refractivity contribution in [3.8, 4) is 0 Å². The summed E-state index contributed by atoms with van der Waals surface area (Å²) in [6.45, 7) is 0.945. The van der Waals surface area contributed by atoms with Crippen LogP contribution >= 0.6 is 0 Å². The Bertz CT molecular complexity index is 640. The molecule has 2 N–H and O–H groups in total. The number of rotatable bonds is 2. The topological polar surface area (TPSA) is 80.5 Å². The monoisotopic (exact) mass is 284 g/mol. The van der Waals surface area contributed by atoms with E-state index in [4.69, 9.17) is 5.14 Å². The smallest absolute Gasteiger partial charge is 0.257 e. The van der Waals surface area contributed by atoms with Crippen LogP contribution in [0.1, 0.15) is 16.8 Å². The van der Waals surface area contributed by atoms with Gasteiger partial charge in [0.25, 0.3) is 5.91 Å². The minimum Gasteiger partial charge on any atom is -0.335 e. The van der Waals surface area contributed by atoms with Gasteiger partial charge in [0, 0.05) is 13.1 Å². The zero-order valence-corrected chi connectivity index (χ0v) is 10.9. The molecule has 2 rings (SSSR count). The SMILES string of the molecule is NS(=O)(=O)c1ccc(C(=O)N2CC=CCC2)c(F)c1. The van der Waals surface area contributed by atoms with Gasteiger partial charge in [0.15, 0.2) is 0 Å². The van der Waals surface area contributed by atoms with Gasteiger partial charge in [-0.05, 0) is 24.6 Å². The van der Waals surface area contributed by atoms with E-state index >= 15 is 0 Å². The summed E-state index contributed by atoms with van der Waals surface area (Å²) in [5.74, 6) is -1.34. The number of halogens is 1. The summed E-state index contributed by atoms with van der Waals surface area (Å²) in [5, 5.41) is 4.90. The highest BCUT2D eigenvalue weighted by Crippen LogP contribution is 2.16. The molecular weight excluding hydrogens is 271 g/mol. The molecule has 0 aliphatic carbocycles. The normalized spacial score (nSPS) is 15.6. The molecule has 5 nitrogen and oxygen atoms in total. The standard InChI is InChI=1S/C12H13FN2O3S/c13-11-8-9(19(14,17)18)4-5-10(11)12(16)15-6-2-1-3-7-15/h1-2,4-5,8H,3,6-7H2,(H2,14,17,18). The zero-order chi connectivity index (χ0) is 14.0. The second kappa shape index (κ2) is 5.10. The molecule has 19 heavy (non-hydrogen) atoms. The lowest BCUT2D eigenvalue weighted by atomic mass is 10.1. The van der Waals surface area contributed by atoms with Crippen molar-refractivity contribution in [1.29, 1.82) is 0 Å². The van der Waals surface area contributed by atoms with Crippen LogP contribution in [0.25, 0.3) is 0 Å². The predicted octanol–water partition coefficient (Wildman–Crippen LogP) is 0.875. The van der Waals surface area contributed by atoms with Crippen LogP contribution in [0.2, 0.25) is 0 Å². The summed E-state index contributed by atoms with van der Waals surface area (Å²) in [7, 11) is -3.97. The lowest BCUT2D eigenvalue weighted by Gasteiger charge is -2.23. The minimum absolute atomic E-state index is 0.150. The van der Waals surface area contributed by atoms with Crippen LogP contribution in [0, 0.1) is 5.82 Å². The molecule has 1 aliphatic heterocycles. The van der Waals surface area contributed by atoms with Crippen LogP contribution in [0.4, 0.5) is 4.39 Å². The van der Waals surface area contributed by atoms with E-state index < -0.39 is 21.7 Å². The molecule has 0 atom stereocenters. The van der Waals surface area contributed by atoms with E-state index in [2.05, 4.69) is 0 Å². The average molecular weight is 284 g/mol. The molecule has 0 radical (unpaired) electrons. The van der Waals surface area contributed by atoms with Crippen LogP contribution in [0.3, 0.4) is 0 Å². The molecule has 0 unspecified atom stereocenters. The number of carbonyl (C=O) groups excluding carboxylic acids is 1. The summed E-state index contributed by atoms with van der Waals surface area (Å²) in [6, 6.07) is 3.05. The highest BCUT2D eigenvalue weighted by Gasteiger charge is 2.21. The minimum atomic E-state index is -3.97. The molecule has 0 fully saturated rings. The average Bonchev–Trinajstić information content (AvgIpc) is 2.38. The van der Waals surface area contributed by atoms with Crippen LogP contribution in [-0.4, -0.2) is 32.3 Å². The lowest BCUT2D eigenvalue weighted by Crippen LogP contribution is -2.34. The van der Waals surface area contributed by atoms with Crippen molar-refractivity contribution in [3.63, 3.8) is 0 Å². The maximum Gasteiger partial charge on any atom is 0.257 e. The van der Waals surface area contributed by atoms with Gasteiger partial charge in [0.2, 0.25) is 10.0 Å². The first-order valence-electron chi connectivity index (χ1n) is 5.66. The number of nitrogens with two attached hydrogens (primary N) is 1. The van der Waals surface area contributed by atoms with E-state index in [9.17, 15) is 17.6 Å². The van der Waals surface area contributed by atoms with Gasteiger partial charge in [-0.2, -0.15) is 0 Å². The maximum absolute atomic E-state index is 13.8. The molecule has 0 bridgehead atoms. The molecule has 0 saturated heterocycles. The summed E-state index contributed by atoms with van der Waals surface area (Å²) in [6.07, 6.45) is 4.50. The zero-order valence-electron chi connectivity index (χ0n) is 10.0. The third kappa shape index (κ3) is 2.99. The number of carbonyl (C=O) groups is 1. The molecule has 1 aromatic carbocycles. The number of amides is 1. The molecule has 0 aromatic heterocycles. The Morgan fingerprint density at radius 3 is 2.58 bits per heavy atom. The van der Waals surface area contributed by atoms with Crippen molar-refractivity contribution in [3.05, 3.63) is 41.7 Å². The molecule has 1 amide bonds. The number of hydrogen-bond acceptors (Lipinski definition) is 3. The number of benzene rings is 1. The third-order valence-electron chi connectivity index (χ3n) is 2.84. The van der Waals surface area contributed by atoms with Crippen molar-refractivity contribution in [2.45, 2.75) is 11.3 Å². The first-order valence-corrected chi connectivity index (χ1v) is 7.21. The van der Waals surface area contributed by atoms with Gasteiger partial charge >= 0.3 is 0 Å². The highest BCUT2D eigenvalue weighted by molar-refractivity contribution is 7.89. The van der Waals surface area contributed by atoms with Crippen LogP contribution < -0.4 is 5.14 Å². The Morgan fingerprint density at radius 2 is 2.05 bits per heavy atom. The Morgan fingerprint density at radius 1 is 1.32 bits per heavy atom. The van der Waals surface area contributed by atoms with E-state index in [0.29, 0.717) is 13.1 Å². The molecular formula is C12H13FN2O3S. The second-order valence-electron chi connectivity index (χ2n) is 4.20. The van der Waals surface area contributed by atoms with Crippen molar-refractivity contribution in [2.24, 2.45) is 5.14 Å². The van der Waals surface area contributed by atoms with Crippen LogP contribution in [0.15, 0.2) is 35.2 Å². The van der Waals surface area contributed by atoms with Gasteiger partial charge in [-0.25, -0.2) is 17.9 Å². The van der Waals surface area contributed by atoms with Crippen molar-refractivity contribution >= 4 is 15.9 Å². The first kappa shape index (κ1) is 13.7. The highest BCUT2D eigenvalue weighted by atomic mass is 32.2.